The van der Waals surface area contributed by atoms with E-state index in [9.17, 15) is 28.8 Å². The van der Waals surface area contributed by atoms with Crippen molar-refractivity contribution in [1.29, 1.82) is 0 Å². The number of carbonyl (C=O) groups is 6. The van der Waals surface area contributed by atoms with Crippen LogP contribution >= 0.6 is 0 Å². The summed E-state index contributed by atoms with van der Waals surface area (Å²) in [7, 11) is 6.87. The Balaban J connectivity index is 1.52. The molecule has 0 spiro atoms. The van der Waals surface area contributed by atoms with Gasteiger partial charge in [0.1, 0.15) is 11.3 Å². The Hall–Kier alpha value is -6.37. The van der Waals surface area contributed by atoms with E-state index in [1.54, 1.807) is 82.5 Å². The van der Waals surface area contributed by atoms with Gasteiger partial charge in [-0.1, -0.05) is 18.2 Å². The van der Waals surface area contributed by atoms with Crippen LogP contribution in [0.3, 0.4) is 0 Å². The molecule has 0 atom stereocenters. The third-order valence-electron chi connectivity index (χ3n) is 7.99. The number of benzene rings is 3. The van der Waals surface area contributed by atoms with E-state index in [-0.39, 0.29) is 46.0 Å². The average Bonchev–Trinajstić information content (AvgIpc) is 3.14. The Morgan fingerprint density at radius 2 is 1.37 bits per heavy atom. The van der Waals surface area contributed by atoms with Crippen molar-refractivity contribution in [3.05, 3.63) is 111 Å². The van der Waals surface area contributed by atoms with Gasteiger partial charge in [-0.3, -0.25) is 19.4 Å². The number of methoxy groups -OCH3 is 3. The summed E-state index contributed by atoms with van der Waals surface area (Å²) in [5, 5.41) is 2.86. The lowest BCUT2D eigenvalue weighted by molar-refractivity contribution is -0.134. The second-order valence-electron chi connectivity index (χ2n) is 11.9. The summed E-state index contributed by atoms with van der Waals surface area (Å²) < 4.78 is 19.9. The zero-order chi connectivity index (χ0) is 38.1. The molecule has 270 valence electrons. The van der Waals surface area contributed by atoms with Crippen LogP contribution in [-0.2, 0) is 25.4 Å². The number of nitrogens with one attached hydrogen (secondary N) is 1. The van der Waals surface area contributed by atoms with Gasteiger partial charge in [-0.05, 0) is 86.3 Å². The lowest BCUT2D eigenvalue weighted by Crippen LogP contribution is -2.24. The first kappa shape index (κ1) is 38.4. The predicted molar refractivity (Wildman–Crippen MR) is 191 cm³/mol. The van der Waals surface area contributed by atoms with E-state index in [2.05, 4.69) is 10.3 Å². The maximum atomic E-state index is 13.7. The summed E-state index contributed by atoms with van der Waals surface area (Å²) in [5.74, 6) is -3.42. The van der Waals surface area contributed by atoms with Crippen molar-refractivity contribution in [2.45, 2.75) is 33.1 Å². The summed E-state index contributed by atoms with van der Waals surface area (Å²) in [6, 6.07) is 17.6. The number of nitrogens with zero attached hydrogens (tertiary/aromatic N) is 2. The molecule has 0 saturated carbocycles. The fraction of sp³-hybridized carbons (Fsp3) is 0.256. The standard InChI is InChI=1S/C39H39N3O10/c1-22-19-27(38(47)50-6)21-30(39(48)51-7)34(22)52-32(43)10-8-9-24-12-18-31(29(20-24)36(45)42(3)4)41-35(44)28-17-11-23(2)40-33(28)25-13-15-26(16-14-25)37(46)49-5/h11-21H,8-10H2,1-7H3,(H,41,44). The molecule has 0 unspecified atom stereocenters. The molecule has 1 aromatic heterocycles. The highest BCUT2D eigenvalue weighted by Crippen LogP contribution is 2.29. The number of esters is 4. The quantitative estimate of drug-likeness (QED) is 0.110. The predicted octanol–water partition coefficient (Wildman–Crippen LogP) is 5.61. The fourth-order valence-electron chi connectivity index (χ4n) is 5.31. The van der Waals surface area contributed by atoms with Crippen LogP contribution in [0.25, 0.3) is 11.3 Å². The van der Waals surface area contributed by atoms with E-state index < -0.39 is 29.8 Å². The maximum Gasteiger partial charge on any atom is 0.341 e. The molecule has 1 heterocycles. The third kappa shape index (κ3) is 9.04. The van der Waals surface area contributed by atoms with Gasteiger partial charge in [-0.15, -0.1) is 0 Å². The summed E-state index contributed by atoms with van der Waals surface area (Å²) in [6.07, 6.45) is 0.687. The molecule has 1 N–H and O–H groups in total. The van der Waals surface area contributed by atoms with Crippen molar-refractivity contribution in [3.8, 4) is 17.0 Å². The van der Waals surface area contributed by atoms with Crippen LogP contribution in [0.4, 0.5) is 5.69 Å². The van der Waals surface area contributed by atoms with Crippen LogP contribution < -0.4 is 10.1 Å². The van der Waals surface area contributed by atoms with Gasteiger partial charge >= 0.3 is 23.9 Å². The number of anilines is 1. The first-order chi connectivity index (χ1) is 24.8. The Morgan fingerprint density at radius 3 is 2.00 bits per heavy atom. The largest absolute Gasteiger partial charge is 0.465 e. The van der Waals surface area contributed by atoms with E-state index in [0.29, 0.717) is 40.9 Å². The topological polar surface area (TPSA) is 168 Å². The highest BCUT2D eigenvalue weighted by molar-refractivity contribution is 6.11. The van der Waals surface area contributed by atoms with Gasteiger partial charge < -0.3 is 29.2 Å². The number of hydrogen-bond acceptors (Lipinski definition) is 11. The lowest BCUT2D eigenvalue weighted by atomic mass is 10.0. The average molecular weight is 710 g/mol. The first-order valence-electron chi connectivity index (χ1n) is 16.1. The number of pyridine rings is 1. The molecule has 0 aliphatic rings. The number of rotatable bonds is 12. The van der Waals surface area contributed by atoms with Gasteiger partial charge in [0, 0.05) is 31.8 Å². The molecule has 3 aromatic carbocycles. The SMILES string of the molecule is COC(=O)c1ccc(-c2nc(C)ccc2C(=O)Nc2ccc(CCCC(=O)Oc3c(C)cc(C(=O)OC)cc3C(=O)OC)cc2C(=O)N(C)C)cc1. The minimum absolute atomic E-state index is 0.0198. The minimum Gasteiger partial charge on any atom is -0.465 e. The number of hydrogen-bond donors (Lipinski definition) is 1. The Bertz CT molecular complexity index is 2040. The zero-order valence-corrected chi connectivity index (χ0v) is 29.9. The van der Waals surface area contributed by atoms with E-state index in [1.807, 2.05) is 0 Å². The highest BCUT2D eigenvalue weighted by atomic mass is 16.5. The number of aryl methyl sites for hydroxylation is 3. The van der Waals surface area contributed by atoms with E-state index >= 15 is 0 Å². The first-order valence-corrected chi connectivity index (χ1v) is 16.1. The highest BCUT2D eigenvalue weighted by Gasteiger charge is 2.23. The lowest BCUT2D eigenvalue weighted by Gasteiger charge is -2.17. The molecule has 0 bridgehead atoms. The summed E-state index contributed by atoms with van der Waals surface area (Å²) in [5.41, 5.74) is 3.91. The van der Waals surface area contributed by atoms with Crippen molar-refractivity contribution in [2.75, 3.05) is 40.7 Å². The molecule has 0 fully saturated rings. The third-order valence-corrected chi connectivity index (χ3v) is 7.99. The van der Waals surface area contributed by atoms with Crippen LogP contribution in [0.2, 0.25) is 0 Å². The second kappa shape index (κ2) is 17.0. The number of carbonyl (C=O) groups excluding carboxylic acids is 6. The van der Waals surface area contributed by atoms with Crippen LogP contribution in [0, 0.1) is 13.8 Å². The summed E-state index contributed by atoms with van der Waals surface area (Å²) in [4.78, 5) is 82.2. The van der Waals surface area contributed by atoms with Crippen molar-refractivity contribution < 1.29 is 47.7 Å². The van der Waals surface area contributed by atoms with E-state index in [0.717, 1.165) is 5.56 Å². The Kier molecular flexibility index (Phi) is 12.6. The van der Waals surface area contributed by atoms with Gasteiger partial charge in [0.15, 0.2) is 0 Å². The Morgan fingerprint density at radius 1 is 0.712 bits per heavy atom. The molecule has 2 amide bonds. The van der Waals surface area contributed by atoms with E-state index in [4.69, 9.17) is 18.9 Å². The van der Waals surface area contributed by atoms with Crippen molar-refractivity contribution in [3.63, 3.8) is 0 Å². The smallest absolute Gasteiger partial charge is 0.341 e. The molecule has 0 saturated heterocycles. The molecule has 4 rings (SSSR count). The normalized spacial score (nSPS) is 10.5. The molecule has 13 heteroatoms. The number of amides is 2. The molecule has 0 radical (unpaired) electrons. The van der Waals surface area contributed by atoms with Crippen LogP contribution in [-0.4, -0.2) is 81.0 Å². The zero-order valence-electron chi connectivity index (χ0n) is 29.9. The summed E-state index contributed by atoms with van der Waals surface area (Å²) in [6.45, 7) is 3.38. The van der Waals surface area contributed by atoms with Gasteiger partial charge in [-0.25, -0.2) is 14.4 Å². The summed E-state index contributed by atoms with van der Waals surface area (Å²) >= 11 is 0. The van der Waals surface area contributed by atoms with Gasteiger partial charge in [0.2, 0.25) is 0 Å². The van der Waals surface area contributed by atoms with Crippen molar-refractivity contribution >= 4 is 41.4 Å². The molecule has 0 aliphatic carbocycles. The van der Waals surface area contributed by atoms with Gasteiger partial charge in [-0.2, -0.15) is 0 Å². The molecule has 4 aromatic rings. The van der Waals surface area contributed by atoms with Crippen molar-refractivity contribution in [1.82, 2.24) is 9.88 Å². The molecular formula is C39H39N3O10. The van der Waals surface area contributed by atoms with Gasteiger partial charge in [0.05, 0.1) is 55.0 Å². The maximum absolute atomic E-state index is 13.7. The van der Waals surface area contributed by atoms with Crippen LogP contribution in [0.5, 0.6) is 5.75 Å². The second-order valence-corrected chi connectivity index (χ2v) is 11.9. The number of aromatic nitrogens is 1. The minimum atomic E-state index is -0.786. The van der Waals surface area contributed by atoms with Crippen molar-refractivity contribution in [2.24, 2.45) is 0 Å². The van der Waals surface area contributed by atoms with Gasteiger partial charge in [0.25, 0.3) is 11.8 Å². The van der Waals surface area contributed by atoms with E-state index in [1.165, 1.54) is 38.4 Å². The Labute approximate surface area is 300 Å². The number of ether oxygens (including phenoxy) is 4. The monoisotopic (exact) mass is 709 g/mol. The molecule has 13 nitrogen and oxygen atoms in total. The fourth-order valence-corrected chi connectivity index (χ4v) is 5.31. The van der Waals surface area contributed by atoms with Crippen LogP contribution in [0.1, 0.15) is 81.5 Å². The molecule has 0 aliphatic heterocycles. The van der Waals surface area contributed by atoms with Crippen LogP contribution in [0.15, 0.2) is 66.7 Å². The molecule has 52 heavy (non-hydrogen) atoms. The molecular weight excluding hydrogens is 670 g/mol.